The normalized spacial score (nSPS) is 11.9. The number of nitrogens with one attached hydrogen (secondary N) is 1. The van der Waals surface area contributed by atoms with Crippen molar-refractivity contribution < 1.29 is 18.0 Å². The minimum absolute atomic E-state index is 0.0609. The molecule has 3 N–H and O–H groups in total. The zero-order valence-electron chi connectivity index (χ0n) is 9.55. The second-order valence-corrected chi connectivity index (χ2v) is 4.19. The van der Waals surface area contributed by atoms with E-state index >= 15 is 0 Å². The smallest absolute Gasteiger partial charge is 0.293 e. The first-order valence-electron chi connectivity index (χ1n) is 5.02. The van der Waals surface area contributed by atoms with Crippen LogP contribution in [0.4, 0.5) is 13.2 Å². The average Bonchev–Trinajstić information content (AvgIpc) is 2.64. The highest BCUT2D eigenvalue weighted by Crippen LogP contribution is 2.32. The molecular weight excluding hydrogens is 285 g/mol. The van der Waals surface area contributed by atoms with Crippen LogP contribution in [0, 0.1) is 6.92 Å². The van der Waals surface area contributed by atoms with Crippen LogP contribution in [0.3, 0.4) is 0 Å². The number of nitrogens with two attached hydrogens (primary N) is 1. The number of imidazole rings is 1. The van der Waals surface area contributed by atoms with Crippen LogP contribution >= 0.6 is 11.6 Å². The quantitative estimate of drug-likeness (QED) is 0.479. The molecule has 0 unspecified atom stereocenters. The molecule has 0 aliphatic heterocycles. The Morgan fingerprint density at radius 3 is 2.68 bits per heavy atom. The van der Waals surface area contributed by atoms with E-state index in [-0.39, 0.29) is 22.1 Å². The maximum atomic E-state index is 12.7. The van der Waals surface area contributed by atoms with Gasteiger partial charge in [0.2, 0.25) is 0 Å². The van der Waals surface area contributed by atoms with E-state index in [0.29, 0.717) is 0 Å². The lowest BCUT2D eigenvalue weighted by molar-refractivity contribution is -0.137. The Hall–Kier alpha value is -1.80. The zero-order chi connectivity index (χ0) is 14.4. The van der Waals surface area contributed by atoms with E-state index in [9.17, 15) is 18.0 Å². The monoisotopic (exact) mass is 292 g/mol. The molecule has 2 aromatic heterocycles. The number of amides is 1. The molecule has 0 aromatic carbocycles. The van der Waals surface area contributed by atoms with Gasteiger partial charge in [-0.15, -0.1) is 0 Å². The number of aromatic nitrogens is 2. The molecule has 102 valence electrons. The number of fused-ring (bicyclic) bond motifs is 1. The van der Waals surface area contributed by atoms with Gasteiger partial charge >= 0.3 is 6.18 Å². The van der Waals surface area contributed by atoms with Gasteiger partial charge in [0, 0.05) is 6.20 Å². The maximum Gasteiger partial charge on any atom is 0.417 e. The zero-order valence-corrected chi connectivity index (χ0v) is 10.3. The Labute approximate surface area is 110 Å². The molecule has 0 aliphatic rings. The first-order valence-corrected chi connectivity index (χ1v) is 5.40. The Morgan fingerprint density at radius 2 is 2.16 bits per heavy atom. The van der Waals surface area contributed by atoms with Gasteiger partial charge in [-0.25, -0.2) is 10.8 Å². The third-order valence-electron chi connectivity index (χ3n) is 2.52. The number of hydrazine groups is 1. The van der Waals surface area contributed by atoms with Crippen molar-refractivity contribution in [3.05, 3.63) is 34.2 Å². The van der Waals surface area contributed by atoms with E-state index in [1.165, 1.54) is 6.92 Å². The van der Waals surface area contributed by atoms with E-state index in [2.05, 4.69) is 4.98 Å². The molecule has 0 fully saturated rings. The number of halogens is 4. The molecule has 2 heterocycles. The highest BCUT2D eigenvalue weighted by molar-refractivity contribution is 6.33. The fourth-order valence-corrected chi connectivity index (χ4v) is 1.97. The first-order chi connectivity index (χ1) is 8.75. The summed E-state index contributed by atoms with van der Waals surface area (Å²) in [5.74, 6) is 4.24. The summed E-state index contributed by atoms with van der Waals surface area (Å²) in [4.78, 5) is 15.5. The fraction of sp³-hybridized carbons (Fsp3) is 0.200. The van der Waals surface area contributed by atoms with Gasteiger partial charge in [0.25, 0.3) is 5.91 Å². The maximum absolute atomic E-state index is 12.7. The Morgan fingerprint density at radius 1 is 1.53 bits per heavy atom. The molecule has 2 rings (SSSR count). The van der Waals surface area contributed by atoms with Gasteiger partial charge in [-0.3, -0.25) is 14.6 Å². The number of nitrogens with zero attached hydrogens (tertiary/aromatic N) is 2. The molecule has 1 amide bonds. The van der Waals surface area contributed by atoms with Crippen LogP contribution in [0.1, 0.15) is 21.7 Å². The number of carbonyl (C=O) groups excluding carboxylic acids is 1. The van der Waals surface area contributed by atoms with Gasteiger partial charge in [0.1, 0.15) is 5.69 Å². The number of nitrogen functional groups attached to an aromatic ring is 1. The van der Waals surface area contributed by atoms with Crippen LogP contribution in [-0.2, 0) is 6.18 Å². The van der Waals surface area contributed by atoms with E-state index in [0.717, 1.165) is 16.7 Å². The van der Waals surface area contributed by atoms with Crippen molar-refractivity contribution in [1.29, 1.82) is 0 Å². The number of hydrogen-bond donors (Lipinski definition) is 2. The number of hydrogen-bond acceptors (Lipinski definition) is 3. The highest BCUT2D eigenvalue weighted by atomic mass is 35.5. The molecule has 0 bridgehead atoms. The predicted molar refractivity (Wildman–Crippen MR) is 61.6 cm³/mol. The number of carbonyl (C=O) groups is 1. The Balaban J connectivity index is 2.81. The summed E-state index contributed by atoms with van der Waals surface area (Å²) in [6.07, 6.45) is -3.82. The van der Waals surface area contributed by atoms with Crippen LogP contribution in [0.5, 0.6) is 0 Å². The summed E-state index contributed by atoms with van der Waals surface area (Å²) < 4.78 is 39.1. The van der Waals surface area contributed by atoms with E-state index in [1.807, 2.05) is 5.43 Å². The fourth-order valence-electron chi connectivity index (χ4n) is 1.71. The van der Waals surface area contributed by atoms with Gasteiger partial charge in [0.15, 0.2) is 5.65 Å². The summed E-state index contributed by atoms with van der Waals surface area (Å²) in [5, 5.41) is -0.200. The second-order valence-electron chi connectivity index (χ2n) is 3.79. The van der Waals surface area contributed by atoms with Crippen molar-refractivity contribution in [1.82, 2.24) is 14.8 Å². The number of rotatable bonds is 1. The first kappa shape index (κ1) is 13.6. The van der Waals surface area contributed by atoms with Crippen LogP contribution in [0.2, 0.25) is 5.02 Å². The molecular formula is C10H8ClF3N4O. The van der Waals surface area contributed by atoms with Gasteiger partial charge < -0.3 is 0 Å². The van der Waals surface area contributed by atoms with Gasteiger partial charge in [-0.05, 0) is 13.0 Å². The predicted octanol–water partition coefficient (Wildman–Crippen LogP) is 1.92. The molecule has 0 saturated heterocycles. The Bertz CT molecular complexity index is 665. The third kappa shape index (κ3) is 2.24. The van der Waals surface area contributed by atoms with Crippen molar-refractivity contribution >= 4 is 23.2 Å². The largest absolute Gasteiger partial charge is 0.417 e. The molecule has 2 aromatic rings. The van der Waals surface area contributed by atoms with Crippen molar-refractivity contribution in [2.75, 3.05) is 0 Å². The van der Waals surface area contributed by atoms with E-state index in [4.69, 9.17) is 17.4 Å². The summed E-state index contributed by atoms with van der Waals surface area (Å²) in [5.41, 5.74) is 1.07. The average molecular weight is 293 g/mol. The lowest BCUT2D eigenvalue weighted by Gasteiger charge is -2.09. The van der Waals surface area contributed by atoms with Gasteiger partial charge in [-0.1, -0.05) is 11.6 Å². The minimum Gasteiger partial charge on any atom is -0.293 e. The summed E-state index contributed by atoms with van der Waals surface area (Å²) in [6, 6.07) is 0.757. The summed E-state index contributed by atoms with van der Waals surface area (Å²) in [7, 11) is 0. The third-order valence-corrected chi connectivity index (χ3v) is 2.80. The minimum atomic E-state index is -4.58. The standard InChI is InChI=1S/C10H8ClF3N4O/c1-4-7(9(19)17-15)18-3-5(10(12,13)14)2-6(11)8(18)16-4/h2-3H,15H2,1H3,(H,17,19). The van der Waals surface area contributed by atoms with Crippen molar-refractivity contribution in [2.24, 2.45) is 5.84 Å². The number of alkyl halides is 3. The van der Waals surface area contributed by atoms with Crippen LogP contribution in [0.15, 0.2) is 12.3 Å². The molecule has 0 spiro atoms. The lowest BCUT2D eigenvalue weighted by Crippen LogP contribution is -2.31. The number of aryl methyl sites for hydroxylation is 1. The molecule has 0 radical (unpaired) electrons. The molecule has 9 heteroatoms. The van der Waals surface area contributed by atoms with Crippen LogP contribution < -0.4 is 11.3 Å². The Kier molecular flexibility index (Phi) is 3.15. The SMILES string of the molecule is Cc1nc2c(Cl)cc(C(F)(F)F)cn2c1C(=O)NN. The van der Waals surface area contributed by atoms with E-state index < -0.39 is 17.6 Å². The van der Waals surface area contributed by atoms with Crippen LogP contribution in [-0.4, -0.2) is 15.3 Å². The highest BCUT2D eigenvalue weighted by Gasteiger charge is 2.32. The summed E-state index contributed by atoms with van der Waals surface area (Å²) >= 11 is 5.76. The van der Waals surface area contributed by atoms with Crippen molar-refractivity contribution in [3.63, 3.8) is 0 Å². The van der Waals surface area contributed by atoms with Gasteiger partial charge in [0.05, 0.1) is 16.3 Å². The van der Waals surface area contributed by atoms with Crippen molar-refractivity contribution in [2.45, 2.75) is 13.1 Å². The second kappa shape index (κ2) is 4.39. The topological polar surface area (TPSA) is 72.4 Å². The van der Waals surface area contributed by atoms with Crippen molar-refractivity contribution in [3.8, 4) is 0 Å². The van der Waals surface area contributed by atoms with Crippen LogP contribution in [0.25, 0.3) is 5.65 Å². The van der Waals surface area contributed by atoms with E-state index in [1.54, 1.807) is 0 Å². The molecule has 0 atom stereocenters. The molecule has 0 saturated carbocycles. The number of pyridine rings is 1. The molecule has 5 nitrogen and oxygen atoms in total. The summed E-state index contributed by atoms with van der Waals surface area (Å²) in [6.45, 7) is 1.47. The molecule has 0 aliphatic carbocycles. The van der Waals surface area contributed by atoms with Gasteiger partial charge in [-0.2, -0.15) is 13.2 Å². The molecule has 19 heavy (non-hydrogen) atoms. The lowest BCUT2D eigenvalue weighted by atomic mass is 10.2.